The van der Waals surface area contributed by atoms with Crippen LogP contribution in [0.4, 0.5) is 0 Å². The molecule has 45 heavy (non-hydrogen) atoms. The highest BCUT2D eigenvalue weighted by molar-refractivity contribution is 5.97. The van der Waals surface area contributed by atoms with Gasteiger partial charge in [0.25, 0.3) is 0 Å². The maximum atomic E-state index is 14.0. The van der Waals surface area contributed by atoms with E-state index < -0.39 is 53.7 Å². The van der Waals surface area contributed by atoms with Crippen LogP contribution in [0.25, 0.3) is 0 Å². The van der Waals surface area contributed by atoms with Crippen LogP contribution in [0.1, 0.15) is 80.6 Å². The third kappa shape index (κ3) is 6.65. The molecule has 248 valence electrons. The maximum absolute atomic E-state index is 14.0. The van der Waals surface area contributed by atoms with E-state index in [1.807, 2.05) is 19.9 Å². The molecule has 2 bridgehead atoms. The zero-order valence-corrected chi connectivity index (χ0v) is 27.6. The first-order valence-electron chi connectivity index (χ1n) is 16.4. The van der Waals surface area contributed by atoms with Crippen molar-refractivity contribution in [3.05, 3.63) is 58.7 Å². The average Bonchev–Trinajstić information content (AvgIpc) is 3.21. The molecule has 1 aliphatic carbocycles. The Kier molecular flexibility index (Phi) is 9.70. The van der Waals surface area contributed by atoms with E-state index >= 15 is 0 Å². The van der Waals surface area contributed by atoms with Crippen LogP contribution >= 0.6 is 0 Å². The highest BCUT2D eigenvalue weighted by Gasteiger charge is 2.64. The number of aliphatic hydroxyl groups excluding tert-OH is 2. The van der Waals surface area contributed by atoms with E-state index in [4.69, 9.17) is 18.9 Å². The lowest BCUT2D eigenvalue weighted by Gasteiger charge is -2.51. The molecule has 3 fully saturated rings. The van der Waals surface area contributed by atoms with Crippen molar-refractivity contribution in [1.29, 1.82) is 0 Å². The Bertz CT molecular complexity index is 1320. The van der Waals surface area contributed by atoms with E-state index in [1.54, 1.807) is 13.0 Å². The molecular weight excluding hydrogens is 576 g/mol. The smallest absolute Gasteiger partial charge is 0.337 e. The molecule has 9 nitrogen and oxygen atoms in total. The van der Waals surface area contributed by atoms with Crippen LogP contribution in [0.5, 0.6) is 0 Å². The van der Waals surface area contributed by atoms with Gasteiger partial charge < -0.3 is 34.3 Å². The minimum Gasteiger partial charge on any atom is -0.462 e. The molecule has 3 N–H and O–H groups in total. The predicted octanol–water partition coefficient (Wildman–Crippen LogP) is 4.61. The molecule has 5 rings (SSSR count). The lowest BCUT2D eigenvalue weighted by molar-refractivity contribution is -0.342. The van der Waals surface area contributed by atoms with E-state index in [1.165, 1.54) is 12.2 Å². The average molecular weight is 627 g/mol. The minimum atomic E-state index is -2.12. The molecule has 0 amide bonds. The summed E-state index contributed by atoms with van der Waals surface area (Å²) in [7, 11) is 0. The molecule has 4 aliphatic heterocycles. The summed E-state index contributed by atoms with van der Waals surface area (Å²) in [5, 5.41) is 34.2. The Morgan fingerprint density at radius 3 is 2.51 bits per heavy atom. The summed E-state index contributed by atoms with van der Waals surface area (Å²) < 4.78 is 25.1. The number of hydrogen-bond donors (Lipinski definition) is 3. The highest BCUT2D eigenvalue weighted by Crippen LogP contribution is 2.48. The van der Waals surface area contributed by atoms with Crippen LogP contribution in [0.15, 0.2) is 58.7 Å². The Balaban J connectivity index is 1.54. The van der Waals surface area contributed by atoms with Crippen molar-refractivity contribution in [1.82, 2.24) is 0 Å². The molecule has 0 radical (unpaired) electrons. The number of carbonyl (C=O) groups is 2. The number of esters is 2. The zero-order valence-electron chi connectivity index (χ0n) is 27.6. The van der Waals surface area contributed by atoms with Gasteiger partial charge in [-0.3, -0.25) is 4.79 Å². The highest BCUT2D eigenvalue weighted by atomic mass is 16.7. The van der Waals surface area contributed by atoms with Crippen LogP contribution < -0.4 is 0 Å². The molecule has 3 saturated heterocycles. The molecule has 0 saturated carbocycles. The van der Waals surface area contributed by atoms with E-state index in [9.17, 15) is 24.9 Å². The number of hydrogen-bond acceptors (Lipinski definition) is 9. The molecule has 0 aromatic rings. The number of ether oxygens (including phenoxy) is 4. The second kappa shape index (κ2) is 12.9. The molecule has 0 unspecified atom stereocenters. The molecular formula is C36H50O9. The van der Waals surface area contributed by atoms with E-state index in [0.717, 1.165) is 17.6 Å². The van der Waals surface area contributed by atoms with Crippen molar-refractivity contribution in [2.45, 2.75) is 129 Å². The van der Waals surface area contributed by atoms with Gasteiger partial charge in [0.15, 0.2) is 17.5 Å². The van der Waals surface area contributed by atoms with Crippen molar-refractivity contribution >= 4 is 11.9 Å². The first-order valence-corrected chi connectivity index (χ1v) is 16.4. The Morgan fingerprint density at radius 2 is 1.80 bits per heavy atom. The van der Waals surface area contributed by atoms with Gasteiger partial charge in [-0.25, -0.2) is 4.79 Å². The molecule has 1 spiro atoms. The first-order chi connectivity index (χ1) is 21.1. The monoisotopic (exact) mass is 626 g/mol. The quantitative estimate of drug-likeness (QED) is 0.297. The van der Waals surface area contributed by atoms with Crippen molar-refractivity contribution in [2.24, 2.45) is 23.7 Å². The number of fused-ring (bicyclic) bond motifs is 2. The van der Waals surface area contributed by atoms with Crippen LogP contribution in [0.3, 0.4) is 0 Å². The van der Waals surface area contributed by atoms with Crippen molar-refractivity contribution in [3.8, 4) is 0 Å². The standard InChI is InChI=1S/C36H50O9/c1-19(2)13-23(6)31-24(7)29(37)18-35(45-31)17-26-16-25(44-35)12-11-21(4)14-20(3)9-8-10-27-33(39)43-32-30(38)22(5)15-28(34(40)42-26)36(27,32)41/h8-11,13,15,19-20,24-26,28-32,37-38,41H,12,14,16-18H2,1-7H3/t20-,24-,25+,26-,28-,29-,30+,31+,32+,35-,36+/m1/s1. The second-order valence-electron chi connectivity index (χ2n) is 14.4. The normalized spacial score (nSPS) is 42.9. The molecule has 9 heteroatoms. The minimum absolute atomic E-state index is 0.0932. The zero-order chi connectivity index (χ0) is 32.8. The summed E-state index contributed by atoms with van der Waals surface area (Å²) in [6.45, 7) is 13.9. The molecule has 5 aliphatic rings. The maximum Gasteiger partial charge on any atom is 0.337 e. The fourth-order valence-corrected chi connectivity index (χ4v) is 7.77. The van der Waals surface area contributed by atoms with E-state index in [2.05, 4.69) is 39.8 Å². The van der Waals surface area contributed by atoms with Crippen LogP contribution in [-0.2, 0) is 28.5 Å². The lowest BCUT2D eigenvalue weighted by atomic mass is 9.70. The summed E-state index contributed by atoms with van der Waals surface area (Å²) >= 11 is 0. The first kappa shape index (κ1) is 33.8. The van der Waals surface area contributed by atoms with Gasteiger partial charge in [0.1, 0.15) is 18.1 Å². The number of allylic oxidation sites excluding steroid dienone is 5. The number of aliphatic hydroxyl groups is 3. The number of rotatable bonds is 2. The fourth-order valence-electron chi connectivity index (χ4n) is 7.77. The molecule has 0 aromatic heterocycles. The second-order valence-corrected chi connectivity index (χ2v) is 14.4. The summed E-state index contributed by atoms with van der Waals surface area (Å²) in [5.41, 5.74) is 0.369. The third-order valence-corrected chi connectivity index (χ3v) is 10.0. The van der Waals surface area contributed by atoms with Gasteiger partial charge in [0.2, 0.25) is 0 Å². The summed E-state index contributed by atoms with van der Waals surface area (Å²) in [4.78, 5) is 27.1. The van der Waals surface area contributed by atoms with Gasteiger partial charge >= 0.3 is 11.9 Å². The Morgan fingerprint density at radius 1 is 1.07 bits per heavy atom. The van der Waals surface area contributed by atoms with Gasteiger partial charge in [-0.1, -0.05) is 63.6 Å². The van der Waals surface area contributed by atoms with E-state index in [0.29, 0.717) is 24.3 Å². The summed E-state index contributed by atoms with van der Waals surface area (Å²) in [6.07, 6.45) is 8.33. The van der Waals surface area contributed by atoms with Gasteiger partial charge in [0, 0.05) is 25.2 Å². The van der Waals surface area contributed by atoms with Crippen LogP contribution in [0, 0.1) is 23.7 Å². The Labute approximate surface area is 266 Å². The van der Waals surface area contributed by atoms with Gasteiger partial charge in [-0.15, -0.1) is 0 Å². The summed E-state index contributed by atoms with van der Waals surface area (Å²) in [6, 6.07) is 0. The Hall–Kier alpha value is -2.56. The van der Waals surface area contributed by atoms with E-state index in [-0.39, 0.29) is 42.5 Å². The molecule has 11 atom stereocenters. The van der Waals surface area contributed by atoms with Crippen LogP contribution in [0.2, 0.25) is 0 Å². The SMILES string of the molecule is CC1=CC[C@H]2C[C@H](C[C@@]3(C[C@@H](O)[C@@H](C)[C@H](C(C)=CC(C)C)O3)O2)OC(=O)[C@H]2C=C(C)[C@H](O)[C@@H]3OC(=O)C(=CC=C[C@@H](C)C1)[C@]23O. The van der Waals surface area contributed by atoms with Gasteiger partial charge in [0.05, 0.1) is 23.9 Å². The number of carbonyl (C=O) groups excluding carboxylic acids is 2. The van der Waals surface area contributed by atoms with Gasteiger partial charge in [-0.2, -0.15) is 0 Å². The predicted molar refractivity (Wildman–Crippen MR) is 167 cm³/mol. The molecule has 4 heterocycles. The van der Waals surface area contributed by atoms with Crippen molar-refractivity contribution < 1.29 is 43.9 Å². The van der Waals surface area contributed by atoms with Gasteiger partial charge in [-0.05, 0) is 62.7 Å². The lowest BCUT2D eigenvalue weighted by Crippen LogP contribution is -2.59. The topological polar surface area (TPSA) is 132 Å². The van der Waals surface area contributed by atoms with Crippen molar-refractivity contribution in [2.75, 3.05) is 0 Å². The van der Waals surface area contributed by atoms with Crippen molar-refractivity contribution in [3.63, 3.8) is 0 Å². The van der Waals surface area contributed by atoms with Crippen LogP contribution in [-0.4, -0.2) is 75.3 Å². The molecule has 0 aromatic carbocycles. The summed E-state index contributed by atoms with van der Waals surface area (Å²) in [5.74, 6) is -3.73. The largest absolute Gasteiger partial charge is 0.462 e. The third-order valence-electron chi connectivity index (χ3n) is 10.0. The fraction of sp³-hybridized carbons (Fsp3) is 0.667.